The average Bonchev–Trinajstić information content (AvgIpc) is 2.98. The van der Waals surface area contributed by atoms with Crippen LogP contribution in [0.5, 0.6) is 0 Å². The second kappa shape index (κ2) is 7.20. The summed E-state index contributed by atoms with van der Waals surface area (Å²) in [4.78, 5) is 17.5. The highest BCUT2D eigenvalue weighted by atomic mass is 16.2. The molecule has 4 heteroatoms. The van der Waals surface area contributed by atoms with Gasteiger partial charge in [-0.3, -0.25) is 9.69 Å². The number of nitrogens with zero attached hydrogens (tertiary/aromatic N) is 3. The third kappa shape index (κ3) is 3.45. The van der Waals surface area contributed by atoms with E-state index >= 15 is 0 Å². The van der Waals surface area contributed by atoms with Gasteiger partial charge in [0.1, 0.15) is 0 Å². The number of hydrogen-bond donors (Lipinski definition) is 0. The van der Waals surface area contributed by atoms with Gasteiger partial charge in [-0.15, -0.1) is 0 Å². The van der Waals surface area contributed by atoms with Crippen LogP contribution in [-0.4, -0.2) is 52.5 Å². The van der Waals surface area contributed by atoms with Gasteiger partial charge in [0, 0.05) is 56.4 Å². The summed E-state index contributed by atoms with van der Waals surface area (Å²) in [6.07, 6.45) is 9.50. The van der Waals surface area contributed by atoms with Gasteiger partial charge in [0.2, 0.25) is 5.91 Å². The van der Waals surface area contributed by atoms with Crippen LogP contribution in [0.3, 0.4) is 0 Å². The van der Waals surface area contributed by atoms with E-state index in [1.54, 1.807) is 0 Å². The summed E-state index contributed by atoms with van der Waals surface area (Å²) in [5.41, 5.74) is 2.35. The third-order valence-electron chi connectivity index (χ3n) is 6.08. The molecule has 0 spiro atoms. The number of carbonyl (C=O) groups is 1. The second-order valence-electron chi connectivity index (χ2n) is 7.67. The molecule has 4 rings (SSSR count). The van der Waals surface area contributed by atoms with Crippen molar-refractivity contribution >= 4 is 16.8 Å². The van der Waals surface area contributed by atoms with Gasteiger partial charge in [-0.2, -0.15) is 0 Å². The highest BCUT2D eigenvalue weighted by Gasteiger charge is 2.27. The second-order valence-corrected chi connectivity index (χ2v) is 7.67. The first-order chi connectivity index (χ1) is 12.2. The van der Waals surface area contributed by atoms with E-state index in [4.69, 9.17) is 0 Å². The maximum Gasteiger partial charge on any atom is 0.227 e. The Morgan fingerprint density at radius 2 is 1.76 bits per heavy atom. The molecule has 0 unspecified atom stereocenters. The van der Waals surface area contributed by atoms with Crippen molar-refractivity contribution in [2.24, 2.45) is 7.05 Å². The van der Waals surface area contributed by atoms with E-state index in [9.17, 15) is 4.79 Å². The number of piperazine rings is 1. The number of aromatic nitrogens is 1. The Hall–Kier alpha value is -1.81. The number of fused-ring (bicyclic) bond motifs is 1. The van der Waals surface area contributed by atoms with E-state index < -0.39 is 0 Å². The maximum atomic E-state index is 12.8. The van der Waals surface area contributed by atoms with Gasteiger partial charge >= 0.3 is 0 Å². The van der Waals surface area contributed by atoms with E-state index in [0.717, 1.165) is 37.8 Å². The smallest absolute Gasteiger partial charge is 0.227 e. The lowest BCUT2D eigenvalue weighted by Crippen LogP contribution is -2.52. The Morgan fingerprint density at radius 3 is 2.52 bits per heavy atom. The van der Waals surface area contributed by atoms with Gasteiger partial charge in [0.25, 0.3) is 0 Å². The van der Waals surface area contributed by atoms with E-state index in [1.165, 1.54) is 43.0 Å². The molecule has 4 nitrogen and oxygen atoms in total. The molecular weight excluding hydrogens is 310 g/mol. The van der Waals surface area contributed by atoms with Crippen LogP contribution in [0.1, 0.15) is 37.7 Å². The molecule has 1 aromatic heterocycles. The molecule has 0 atom stereocenters. The fraction of sp³-hybridized carbons (Fsp3) is 0.571. The lowest BCUT2D eigenvalue weighted by molar-refractivity contribution is -0.132. The van der Waals surface area contributed by atoms with Crippen LogP contribution in [0, 0.1) is 0 Å². The molecule has 2 aromatic rings. The topological polar surface area (TPSA) is 28.5 Å². The average molecular weight is 339 g/mol. The quantitative estimate of drug-likeness (QED) is 0.859. The lowest BCUT2D eigenvalue weighted by Gasteiger charge is -2.40. The molecule has 25 heavy (non-hydrogen) atoms. The van der Waals surface area contributed by atoms with E-state index in [-0.39, 0.29) is 5.91 Å². The van der Waals surface area contributed by atoms with Crippen molar-refractivity contribution in [3.05, 3.63) is 36.0 Å². The molecule has 2 aliphatic rings. The first-order valence-electron chi connectivity index (χ1n) is 9.77. The molecule has 2 heterocycles. The third-order valence-corrected chi connectivity index (χ3v) is 6.08. The van der Waals surface area contributed by atoms with Gasteiger partial charge in [-0.25, -0.2) is 0 Å². The van der Waals surface area contributed by atoms with Crippen LogP contribution in [-0.2, 0) is 18.3 Å². The predicted octanol–water partition coefficient (Wildman–Crippen LogP) is 3.20. The summed E-state index contributed by atoms with van der Waals surface area (Å²) in [6, 6.07) is 9.12. The van der Waals surface area contributed by atoms with Crippen molar-refractivity contribution in [2.75, 3.05) is 26.2 Å². The zero-order valence-electron chi connectivity index (χ0n) is 15.3. The highest BCUT2D eigenvalue weighted by molar-refractivity contribution is 5.89. The number of benzene rings is 1. The number of para-hydroxylation sites is 1. The fourth-order valence-corrected chi connectivity index (χ4v) is 4.62. The Morgan fingerprint density at radius 1 is 1.04 bits per heavy atom. The van der Waals surface area contributed by atoms with Gasteiger partial charge in [-0.1, -0.05) is 37.5 Å². The Kier molecular flexibility index (Phi) is 4.80. The monoisotopic (exact) mass is 339 g/mol. The minimum Gasteiger partial charge on any atom is -0.350 e. The Balaban J connectivity index is 1.37. The molecule has 1 amide bonds. The zero-order valence-corrected chi connectivity index (χ0v) is 15.3. The van der Waals surface area contributed by atoms with Gasteiger partial charge in [-0.05, 0) is 24.5 Å². The molecule has 0 bridgehead atoms. The van der Waals surface area contributed by atoms with Crippen LogP contribution in [0.15, 0.2) is 30.5 Å². The number of carbonyl (C=O) groups excluding carboxylic acids is 1. The Bertz CT molecular complexity index is 737. The maximum absolute atomic E-state index is 12.8. The number of amides is 1. The van der Waals surface area contributed by atoms with Crippen molar-refractivity contribution in [1.29, 1.82) is 0 Å². The number of aryl methyl sites for hydroxylation is 1. The molecule has 1 aliphatic carbocycles. The molecule has 134 valence electrons. The zero-order chi connectivity index (χ0) is 17.2. The van der Waals surface area contributed by atoms with E-state index in [2.05, 4.69) is 51.9 Å². The van der Waals surface area contributed by atoms with Gasteiger partial charge < -0.3 is 9.47 Å². The standard InChI is InChI=1S/C21H29N3O/c1-22-16-17(19-9-5-6-10-20(19)22)15-21(25)24-13-11-23(12-14-24)18-7-3-2-4-8-18/h5-6,9-10,16,18H,2-4,7-8,11-15H2,1H3. The van der Waals surface area contributed by atoms with Crippen molar-refractivity contribution in [3.8, 4) is 0 Å². The highest BCUT2D eigenvalue weighted by Crippen LogP contribution is 2.24. The van der Waals surface area contributed by atoms with Crippen molar-refractivity contribution < 1.29 is 4.79 Å². The summed E-state index contributed by atoms with van der Waals surface area (Å²) in [6.45, 7) is 3.87. The molecule has 0 N–H and O–H groups in total. The van der Waals surface area contributed by atoms with Crippen LogP contribution in [0.4, 0.5) is 0 Å². The summed E-state index contributed by atoms with van der Waals surface area (Å²) in [5.74, 6) is 0.277. The van der Waals surface area contributed by atoms with Crippen LogP contribution >= 0.6 is 0 Å². The summed E-state index contributed by atoms with van der Waals surface area (Å²) in [7, 11) is 2.05. The van der Waals surface area contributed by atoms with Gasteiger partial charge in [0.15, 0.2) is 0 Å². The summed E-state index contributed by atoms with van der Waals surface area (Å²) in [5, 5.41) is 1.21. The van der Waals surface area contributed by atoms with Crippen LogP contribution in [0.2, 0.25) is 0 Å². The summed E-state index contributed by atoms with van der Waals surface area (Å²) < 4.78 is 2.12. The predicted molar refractivity (Wildman–Crippen MR) is 102 cm³/mol. The summed E-state index contributed by atoms with van der Waals surface area (Å²) >= 11 is 0. The molecule has 0 radical (unpaired) electrons. The molecular formula is C21H29N3O. The molecule has 1 saturated carbocycles. The molecule has 2 fully saturated rings. The minimum atomic E-state index is 0.277. The van der Waals surface area contributed by atoms with Crippen LogP contribution < -0.4 is 0 Å². The normalized spacial score (nSPS) is 20.3. The largest absolute Gasteiger partial charge is 0.350 e. The molecule has 1 saturated heterocycles. The minimum absolute atomic E-state index is 0.277. The SMILES string of the molecule is Cn1cc(CC(=O)N2CCN(C3CCCCC3)CC2)c2ccccc21. The van der Waals surface area contributed by atoms with Crippen molar-refractivity contribution in [3.63, 3.8) is 0 Å². The van der Waals surface area contributed by atoms with E-state index in [0.29, 0.717) is 6.42 Å². The van der Waals surface area contributed by atoms with E-state index in [1.807, 2.05) is 0 Å². The Labute approximate surface area is 150 Å². The van der Waals surface area contributed by atoms with Gasteiger partial charge in [0.05, 0.1) is 6.42 Å². The lowest BCUT2D eigenvalue weighted by atomic mass is 9.94. The first-order valence-corrected chi connectivity index (χ1v) is 9.77. The van der Waals surface area contributed by atoms with Crippen molar-refractivity contribution in [1.82, 2.24) is 14.4 Å². The molecule has 1 aliphatic heterocycles. The number of rotatable bonds is 3. The fourth-order valence-electron chi connectivity index (χ4n) is 4.62. The van der Waals surface area contributed by atoms with Crippen LogP contribution in [0.25, 0.3) is 10.9 Å². The first kappa shape index (κ1) is 16.6. The molecule has 1 aromatic carbocycles. The number of hydrogen-bond acceptors (Lipinski definition) is 2. The van der Waals surface area contributed by atoms with Crippen molar-refractivity contribution in [2.45, 2.75) is 44.6 Å².